The maximum Gasteiger partial charge on any atom is 0.241 e. The quantitative estimate of drug-likeness (QED) is 0.565. The predicted octanol–water partition coefficient (Wildman–Crippen LogP) is 1.82. The van der Waals surface area contributed by atoms with Crippen LogP contribution in [0.2, 0.25) is 10.0 Å². The van der Waals surface area contributed by atoms with Crippen LogP contribution in [0.1, 0.15) is 24.8 Å². The summed E-state index contributed by atoms with van der Waals surface area (Å²) >= 11 is 12.3. The molecule has 3 unspecified atom stereocenters. The molecule has 35 heavy (non-hydrogen) atoms. The van der Waals surface area contributed by atoms with Gasteiger partial charge in [-0.15, -0.1) is 0 Å². The van der Waals surface area contributed by atoms with Crippen molar-refractivity contribution in [1.29, 1.82) is 0 Å². The minimum atomic E-state index is -0.332. The van der Waals surface area contributed by atoms with Gasteiger partial charge in [0.1, 0.15) is 11.9 Å². The minimum Gasteiger partial charge on any atom is -0.365 e. The number of piperazine rings is 1. The van der Waals surface area contributed by atoms with Gasteiger partial charge in [0, 0.05) is 42.1 Å². The smallest absolute Gasteiger partial charge is 0.241 e. The van der Waals surface area contributed by atoms with Gasteiger partial charge in [0.15, 0.2) is 0 Å². The third-order valence-corrected chi connectivity index (χ3v) is 8.03. The summed E-state index contributed by atoms with van der Waals surface area (Å²) in [6.07, 6.45) is 7.07. The van der Waals surface area contributed by atoms with Crippen molar-refractivity contribution in [3.05, 3.63) is 46.0 Å². The lowest BCUT2D eigenvalue weighted by Gasteiger charge is -2.43. The molecule has 188 valence electrons. The van der Waals surface area contributed by atoms with E-state index in [0.29, 0.717) is 42.8 Å². The predicted molar refractivity (Wildman–Crippen MR) is 138 cm³/mol. The lowest BCUT2D eigenvalue weighted by molar-refractivity contribution is -0.142. The van der Waals surface area contributed by atoms with Gasteiger partial charge < -0.3 is 25.8 Å². The van der Waals surface area contributed by atoms with Gasteiger partial charge in [-0.05, 0) is 56.1 Å². The van der Waals surface area contributed by atoms with E-state index in [4.69, 9.17) is 28.2 Å². The second kappa shape index (κ2) is 10.9. The van der Waals surface area contributed by atoms with E-state index >= 15 is 0 Å². The summed E-state index contributed by atoms with van der Waals surface area (Å²) in [6.45, 7) is 4.44. The van der Waals surface area contributed by atoms with E-state index in [2.05, 4.69) is 22.0 Å². The zero-order valence-corrected chi connectivity index (χ0v) is 21.2. The number of amides is 2. The Balaban J connectivity index is 1.20. The van der Waals surface area contributed by atoms with Crippen molar-refractivity contribution in [3.63, 3.8) is 0 Å². The van der Waals surface area contributed by atoms with E-state index in [1.165, 1.54) is 0 Å². The first kappa shape index (κ1) is 24.6. The number of nitrogens with one attached hydrogen (secondary N) is 3. The normalized spacial score (nSPS) is 29.7. The molecule has 3 saturated heterocycles. The SMILES string of the molecule is O=C(C1NCCC2C=CC(=NCc3ccc(Cl)cc3Cl)NC21)N1CCN(C(=O)[C@H]2CCCN2)CC1. The zero-order valence-electron chi connectivity index (χ0n) is 19.7. The molecule has 4 heterocycles. The van der Waals surface area contributed by atoms with Gasteiger partial charge in [-0.3, -0.25) is 14.6 Å². The summed E-state index contributed by atoms with van der Waals surface area (Å²) < 4.78 is 0. The van der Waals surface area contributed by atoms with Crippen LogP contribution in [0.25, 0.3) is 0 Å². The second-order valence-electron chi connectivity index (χ2n) is 9.65. The molecule has 0 aliphatic carbocycles. The molecule has 4 aliphatic rings. The number of halogens is 2. The largest absolute Gasteiger partial charge is 0.365 e. The highest BCUT2D eigenvalue weighted by Gasteiger charge is 2.41. The van der Waals surface area contributed by atoms with Gasteiger partial charge in [-0.2, -0.15) is 0 Å². The molecule has 1 aromatic carbocycles. The van der Waals surface area contributed by atoms with Crippen molar-refractivity contribution in [2.45, 2.75) is 43.9 Å². The van der Waals surface area contributed by atoms with Crippen LogP contribution in [-0.4, -0.2) is 84.8 Å². The fraction of sp³-hybridized carbons (Fsp3) is 0.560. The van der Waals surface area contributed by atoms with Crippen LogP contribution >= 0.6 is 23.2 Å². The van der Waals surface area contributed by atoms with Gasteiger partial charge >= 0.3 is 0 Å². The van der Waals surface area contributed by atoms with Crippen molar-refractivity contribution in [1.82, 2.24) is 25.8 Å². The molecular weight excluding hydrogens is 487 g/mol. The number of amidine groups is 1. The van der Waals surface area contributed by atoms with Gasteiger partial charge in [-0.1, -0.05) is 35.3 Å². The Kier molecular flexibility index (Phi) is 7.62. The molecule has 3 N–H and O–H groups in total. The summed E-state index contributed by atoms with van der Waals surface area (Å²) in [5, 5.41) is 11.4. The number of piperidine rings is 1. The van der Waals surface area contributed by atoms with Crippen molar-refractivity contribution >= 4 is 40.9 Å². The fourth-order valence-electron chi connectivity index (χ4n) is 5.42. The average Bonchev–Trinajstić information content (AvgIpc) is 3.42. The van der Waals surface area contributed by atoms with Crippen LogP contribution < -0.4 is 16.0 Å². The first-order valence-electron chi connectivity index (χ1n) is 12.5. The van der Waals surface area contributed by atoms with E-state index in [1.54, 1.807) is 12.1 Å². The first-order chi connectivity index (χ1) is 17.0. The Hall–Kier alpha value is -2.13. The monoisotopic (exact) mass is 518 g/mol. The van der Waals surface area contributed by atoms with Crippen LogP contribution in [0.4, 0.5) is 0 Å². The number of hydrogen-bond acceptors (Lipinski definition) is 5. The highest BCUT2D eigenvalue weighted by Crippen LogP contribution is 2.25. The van der Waals surface area contributed by atoms with Gasteiger partial charge in [0.05, 0.1) is 18.6 Å². The molecule has 4 aliphatic heterocycles. The van der Waals surface area contributed by atoms with E-state index in [1.807, 2.05) is 21.9 Å². The van der Waals surface area contributed by atoms with Gasteiger partial charge in [0.25, 0.3) is 0 Å². The third-order valence-electron chi connectivity index (χ3n) is 7.44. The summed E-state index contributed by atoms with van der Waals surface area (Å²) in [6, 6.07) is 4.95. The maximum absolute atomic E-state index is 13.5. The number of aliphatic imine (C=N–C) groups is 1. The van der Waals surface area contributed by atoms with E-state index in [9.17, 15) is 9.59 Å². The van der Waals surface area contributed by atoms with Crippen molar-refractivity contribution in [3.8, 4) is 0 Å². The third kappa shape index (κ3) is 5.50. The zero-order chi connectivity index (χ0) is 24.4. The van der Waals surface area contributed by atoms with Crippen molar-refractivity contribution < 1.29 is 9.59 Å². The van der Waals surface area contributed by atoms with Crippen LogP contribution in [0.15, 0.2) is 35.3 Å². The number of benzene rings is 1. The van der Waals surface area contributed by atoms with Crippen LogP contribution in [0, 0.1) is 5.92 Å². The van der Waals surface area contributed by atoms with Crippen LogP contribution in [0.5, 0.6) is 0 Å². The molecule has 0 spiro atoms. The summed E-state index contributed by atoms with van der Waals surface area (Å²) in [5.41, 5.74) is 0.899. The molecule has 5 rings (SSSR count). The summed E-state index contributed by atoms with van der Waals surface area (Å²) in [5.74, 6) is 1.28. The number of hydrogen-bond donors (Lipinski definition) is 3. The topological polar surface area (TPSA) is 89.1 Å². The van der Waals surface area contributed by atoms with Gasteiger partial charge in [-0.25, -0.2) is 0 Å². The Morgan fingerprint density at radius 3 is 2.49 bits per heavy atom. The molecule has 10 heteroatoms. The van der Waals surface area contributed by atoms with Gasteiger partial charge in [0.2, 0.25) is 11.8 Å². The van der Waals surface area contributed by atoms with Crippen molar-refractivity contribution in [2.75, 3.05) is 39.3 Å². The number of nitrogens with zero attached hydrogens (tertiary/aromatic N) is 3. The van der Waals surface area contributed by atoms with Crippen molar-refractivity contribution in [2.24, 2.45) is 10.9 Å². The lowest BCUT2D eigenvalue weighted by atomic mass is 9.83. The number of rotatable bonds is 4. The number of carbonyl (C=O) groups excluding carboxylic acids is 2. The Morgan fingerprint density at radius 2 is 1.77 bits per heavy atom. The number of fused-ring (bicyclic) bond motifs is 1. The highest BCUT2D eigenvalue weighted by molar-refractivity contribution is 6.35. The maximum atomic E-state index is 13.5. The standard InChI is InChI=1S/C25H32Cl2N6O2/c26-18-5-3-17(19(27)14-18)15-30-21-6-4-16-7-9-29-23(22(16)31-21)25(35)33-12-10-32(11-13-33)24(34)20-2-1-8-28-20/h3-6,14,16,20,22-23,28-29H,1-2,7-13,15H2,(H,30,31)/t16?,20-,22?,23?/m1/s1. The summed E-state index contributed by atoms with van der Waals surface area (Å²) in [7, 11) is 0. The van der Waals surface area contributed by atoms with Crippen LogP contribution in [0.3, 0.4) is 0 Å². The van der Waals surface area contributed by atoms with E-state index < -0.39 is 0 Å². The summed E-state index contributed by atoms with van der Waals surface area (Å²) in [4.78, 5) is 34.7. The first-order valence-corrected chi connectivity index (χ1v) is 13.2. The molecule has 0 radical (unpaired) electrons. The molecule has 2 amide bonds. The Bertz CT molecular complexity index is 1020. The molecule has 0 aromatic heterocycles. The molecule has 4 atom stereocenters. The Morgan fingerprint density at radius 1 is 1.00 bits per heavy atom. The molecule has 0 bridgehead atoms. The molecule has 0 saturated carbocycles. The fourth-order valence-corrected chi connectivity index (χ4v) is 5.89. The highest BCUT2D eigenvalue weighted by atomic mass is 35.5. The van der Waals surface area contributed by atoms with Crippen LogP contribution in [-0.2, 0) is 16.1 Å². The molecule has 8 nitrogen and oxygen atoms in total. The Labute approximate surface area is 216 Å². The minimum absolute atomic E-state index is 0.0586. The molecule has 1 aromatic rings. The van der Waals surface area contributed by atoms with E-state index in [-0.39, 0.29) is 35.9 Å². The second-order valence-corrected chi connectivity index (χ2v) is 10.5. The molecular formula is C25H32Cl2N6O2. The molecule has 3 fully saturated rings. The van der Waals surface area contributed by atoms with E-state index in [0.717, 1.165) is 43.8 Å². The number of carbonyl (C=O) groups is 2. The lowest BCUT2D eigenvalue weighted by Crippen LogP contribution is -2.66. The average molecular weight is 519 g/mol.